The molecule has 2 aromatic rings. The van der Waals surface area contributed by atoms with Crippen molar-refractivity contribution in [1.29, 1.82) is 0 Å². The number of hydrogen-bond acceptors (Lipinski definition) is 5. The van der Waals surface area contributed by atoms with Crippen LogP contribution in [0.3, 0.4) is 0 Å². The van der Waals surface area contributed by atoms with Crippen LogP contribution in [0.25, 0.3) is 0 Å². The maximum atomic E-state index is 12.2. The van der Waals surface area contributed by atoms with Gasteiger partial charge in [0.1, 0.15) is 4.88 Å². The molecule has 0 spiro atoms. The van der Waals surface area contributed by atoms with Gasteiger partial charge in [-0.05, 0) is 23.9 Å². The zero-order valence-electron chi connectivity index (χ0n) is 11.3. The van der Waals surface area contributed by atoms with E-state index in [-0.39, 0.29) is 5.91 Å². The van der Waals surface area contributed by atoms with Crippen LogP contribution in [0.2, 0.25) is 0 Å². The Morgan fingerprint density at radius 2 is 2.35 bits per heavy atom. The van der Waals surface area contributed by atoms with Gasteiger partial charge in [0.25, 0.3) is 5.91 Å². The van der Waals surface area contributed by atoms with Crippen LogP contribution >= 0.6 is 22.7 Å². The molecule has 0 saturated carbocycles. The van der Waals surface area contributed by atoms with Crippen molar-refractivity contribution in [2.75, 3.05) is 13.6 Å². The Morgan fingerprint density at radius 3 is 3.00 bits per heavy atom. The van der Waals surface area contributed by atoms with E-state index < -0.39 is 0 Å². The zero-order chi connectivity index (χ0) is 14.5. The summed E-state index contributed by atoms with van der Waals surface area (Å²) >= 11 is 2.98. The van der Waals surface area contributed by atoms with Crippen molar-refractivity contribution in [1.82, 2.24) is 9.88 Å². The molecule has 0 aliphatic heterocycles. The number of nitrogens with zero attached hydrogens (tertiary/aromatic N) is 2. The topological polar surface area (TPSA) is 59.2 Å². The summed E-state index contributed by atoms with van der Waals surface area (Å²) in [6.45, 7) is 2.82. The maximum Gasteiger partial charge on any atom is 0.265 e. The van der Waals surface area contributed by atoms with Crippen LogP contribution in [0.4, 0.5) is 0 Å². The number of thiophene rings is 1. The van der Waals surface area contributed by atoms with Crippen LogP contribution in [0.1, 0.15) is 25.1 Å². The fraction of sp³-hybridized carbons (Fsp3) is 0.286. The van der Waals surface area contributed by atoms with E-state index in [4.69, 9.17) is 5.73 Å². The number of thiazole rings is 1. The summed E-state index contributed by atoms with van der Waals surface area (Å²) < 4.78 is 0. The van der Waals surface area contributed by atoms with Gasteiger partial charge in [0.2, 0.25) is 0 Å². The molecule has 20 heavy (non-hydrogen) atoms. The lowest BCUT2D eigenvalue weighted by Gasteiger charge is -2.14. The number of aryl methyl sites for hydroxylation is 1. The smallest absolute Gasteiger partial charge is 0.265 e. The third-order valence-corrected chi connectivity index (χ3v) is 4.36. The molecule has 0 aromatic carbocycles. The van der Waals surface area contributed by atoms with Gasteiger partial charge in [-0.1, -0.05) is 11.8 Å². The lowest BCUT2D eigenvalue weighted by molar-refractivity contribution is 0.0790. The minimum atomic E-state index is -0.00334. The molecule has 1 amide bonds. The lowest BCUT2D eigenvalue weighted by atomic mass is 10.3. The predicted octanol–water partition coefficient (Wildman–Crippen LogP) is 2.10. The molecule has 4 nitrogen and oxygen atoms in total. The molecule has 2 N–H and O–H groups in total. The van der Waals surface area contributed by atoms with Gasteiger partial charge in [0.05, 0.1) is 22.6 Å². The number of aromatic nitrogens is 1. The minimum absolute atomic E-state index is 0.00334. The SMILES string of the molecule is Cc1ncc(C(=O)N(C)Cc2csc(C#CCN)c2)s1. The minimum Gasteiger partial charge on any atom is -0.337 e. The molecule has 0 unspecified atom stereocenters. The molecular formula is C14H15N3OS2. The highest BCUT2D eigenvalue weighted by molar-refractivity contribution is 7.13. The summed E-state index contributed by atoms with van der Waals surface area (Å²) in [5.74, 6) is 5.81. The summed E-state index contributed by atoms with van der Waals surface area (Å²) in [5, 5.41) is 2.92. The molecule has 2 aromatic heterocycles. The first kappa shape index (κ1) is 14.7. The summed E-state index contributed by atoms with van der Waals surface area (Å²) in [4.78, 5) is 19.6. The first-order valence-electron chi connectivity index (χ1n) is 6.04. The summed E-state index contributed by atoms with van der Waals surface area (Å²) in [6.07, 6.45) is 1.63. The van der Waals surface area contributed by atoms with Gasteiger partial charge >= 0.3 is 0 Å². The van der Waals surface area contributed by atoms with E-state index in [1.807, 2.05) is 18.4 Å². The molecule has 0 bridgehead atoms. The molecular weight excluding hydrogens is 290 g/mol. The average Bonchev–Trinajstić information content (AvgIpc) is 3.04. The van der Waals surface area contributed by atoms with Crippen LogP contribution in [0.5, 0.6) is 0 Å². The first-order chi connectivity index (χ1) is 9.60. The van der Waals surface area contributed by atoms with Crippen LogP contribution < -0.4 is 5.73 Å². The zero-order valence-corrected chi connectivity index (χ0v) is 13.0. The Balaban J connectivity index is 2.02. The van der Waals surface area contributed by atoms with Gasteiger partial charge in [0, 0.05) is 13.6 Å². The van der Waals surface area contributed by atoms with Crippen LogP contribution in [-0.2, 0) is 6.54 Å². The number of nitrogens with two attached hydrogens (primary N) is 1. The van der Waals surface area contributed by atoms with Crippen molar-refractivity contribution in [3.8, 4) is 11.8 Å². The maximum absolute atomic E-state index is 12.2. The normalized spacial score (nSPS) is 9.95. The summed E-state index contributed by atoms with van der Waals surface area (Å²) in [7, 11) is 1.79. The second-order valence-corrected chi connectivity index (χ2v) is 6.38. The Hall–Kier alpha value is -1.68. The van der Waals surface area contributed by atoms with Crippen LogP contribution in [-0.4, -0.2) is 29.4 Å². The number of carbonyl (C=O) groups excluding carboxylic acids is 1. The van der Waals surface area contributed by atoms with Crippen molar-refractivity contribution >= 4 is 28.6 Å². The van der Waals surface area contributed by atoms with E-state index in [0.29, 0.717) is 18.0 Å². The average molecular weight is 305 g/mol. The largest absolute Gasteiger partial charge is 0.337 e. The van der Waals surface area contributed by atoms with Gasteiger partial charge in [-0.3, -0.25) is 4.79 Å². The summed E-state index contributed by atoms with van der Waals surface area (Å²) in [5.41, 5.74) is 6.42. The second-order valence-electron chi connectivity index (χ2n) is 4.23. The fourth-order valence-electron chi connectivity index (χ4n) is 1.66. The Kier molecular flexibility index (Phi) is 4.90. The van der Waals surface area contributed by atoms with E-state index >= 15 is 0 Å². The van der Waals surface area contributed by atoms with Crippen molar-refractivity contribution < 1.29 is 4.79 Å². The van der Waals surface area contributed by atoms with Gasteiger partial charge < -0.3 is 10.6 Å². The Morgan fingerprint density at radius 1 is 1.55 bits per heavy atom. The summed E-state index contributed by atoms with van der Waals surface area (Å²) in [6, 6.07) is 2.00. The highest BCUT2D eigenvalue weighted by atomic mass is 32.1. The number of hydrogen-bond donors (Lipinski definition) is 1. The number of rotatable bonds is 3. The molecule has 0 atom stereocenters. The number of carbonyl (C=O) groups is 1. The highest BCUT2D eigenvalue weighted by Gasteiger charge is 2.15. The van der Waals surface area contributed by atoms with E-state index in [0.717, 1.165) is 15.4 Å². The quantitative estimate of drug-likeness (QED) is 0.883. The molecule has 104 valence electrons. The fourth-order valence-corrected chi connectivity index (χ4v) is 3.20. The van der Waals surface area contributed by atoms with E-state index in [2.05, 4.69) is 16.8 Å². The molecule has 0 radical (unpaired) electrons. The molecule has 0 saturated heterocycles. The van der Waals surface area contributed by atoms with Crippen molar-refractivity contribution in [3.05, 3.63) is 38.0 Å². The molecule has 2 heterocycles. The van der Waals surface area contributed by atoms with Crippen LogP contribution in [0, 0.1) is 18.8 Å². The second kappa shape index (κ2) is 6.66. The standard InChI is InChI=1S/C14H15N3OS2/c1-10-16-7-13(20-10)14(18)17(2)8-11-6-12(19-9-11)4-3-5-15/h6-7,9H,5,8,15H2,1-2H3. The molecule has 0 aliphatic rings. The van der Waals surface area contributed by atoms with E-state index in [1.165, 1.54) is 11.3 Å². The lowest BCUT2D eigenvalue weighted by Crippen LogP contribution is -2.25. The van der Waals surface area contributed by atoms with E-state index in [1.54, 1.807) is 29.5 Å². The van der Waals surface area contributed by atoms with Crippen LogP contribution in [0.15, 0.2) is 17.6 Å². The van der Waals surface area contributed by atoms with Gasteiger partial charge in [-0.2, -0.15) is 0 Å². The van der Waals surface area contributed by atoms with E-state index in [9.17, 15) is 4.79 Å². The molecule has 0 aliphatic carbocycles. The van der Waals surface area contributed by atoms with Crippen molar-refractivity contribution in [2.45, 2.75) is 13.5 Å². The molecule has 2 rings (SSSR count). The third kappa shape index (κ3) is 3.67. The predicted molar refractivity (Wildman–Crippen MR) is 82.9 cm³/mol. The van der Waals surface area contributed by atoms with Gasteiger partial charge in [-0.25, -0.2) is 4.98 Å². The molecule has 0 fully saturated rings. The van der Waals surface area contributed by atoms with Gasteiger partial charge in [-0.15, -0.1) is 22.7 Å². The first-order valence-corrected chi connectivity index (χ1v) is 7.74. The highest BCUT2D eigenvalue weighted by Crippen LogP contribution is 2.18. The Labute approximate surface area is 126 Å². The van der Waals surface area contributed by atoms with Crippen molar-refractivity contribution in [3.63, 3.8) is 0 Å². The molecule has 6 heteroatoms. The third-order valence-electron chi connectivity index (χ3n) is 2.57. The number of amides is 1. The van der Waals surface area contributed by atoms with Gasteiger partial charge in [0.15, 0.2) is 0 Å². The monoisotopic (exact) mass is 305 g/mol. The van der Waals surface area contributed by atoms with Crippen molar-refractivity contribution in [2.24, 2.45) is 5.73 Å². The Bertz CT molecular complexity index is 663.